The lowest BCUT2D eigenvalue weighted by molar-refractivity contribution is -0.300. The van der Waals surface area contributed by atoms with Crippen LogP contribution in [0.3, 0.4) is 0 Å². The molecule has 76 valence electrons. The zero-order chi connectivity index (χ0) is 10.1. The van der Waals surface area contributed by atoms with Crippen LogP contribution in [-0.4, -0.2) is 51.0 Å². The van der Waals surface area contributed by atoms with Gasteiger partial charge in [0, 0.05) is 0 Å². The van der Waals surface area contributed by atoms with Gasteiger partial charge in [-0.3, -0.25) is 4.79 Å². The number of ether oxygens (including phenoxy) is 1. The Morgan fingerprint density at radius 1 is 1.54 bits per heavy atom. The maximum absolute atomic E-state index is 10.3. The predicted octanol–water partition coefficient (Wildman–Crippen LogP) is -1.71. The first kappa shape index (κ1) is 10.4. The SMILES string of the molecule is O=C(O)CC1(O)OCCC(O)C1O. The fourth-order valence-electron chi connectivity index (χ4n) is 1.27. The highest BCUT2D eigenvalue weighted by molar-refractivity contribution is 5.68. The Balaban J connectivity index is 2.69. The molecule has 6 nitrogen and oxygen atoms in total. The minimum Gasteiger partial charge on any atom is -0.481 e. The molecular formula is C7H12O6. The third-order valence-electron chi connectivity index (χ3n) is 2.00. The van der Waals surface area contributed by atoms with Crippen LogP contribution < -0.4 is 0 Å². The number of rotatable bonds is 2. The van der Waals surface area contributed by atoms with Gasteiger partial charge in [0.15, 0.2) is 0 Å². The highest BCUT2D eigenvalue weighted by Gasteiger charge is 2.46. The number of aliphatic carboxylic acids is 1. The summed E-state index contributed by atoms with van der Waals surface area (Å²) in [5.41, 5.74) is 0. The molecule has 0 spiro atoms. The van der Waals surface area contributed by atoms with Crippen molar-refractivity contribution in [1.82, 2.24) is 0 Å². The fourth-order valence-corrected chi connectivity index (χ4v) is 1.27. The summed E-state index contributed by atoms with van der Waals surface area (Å²) < 4.78 is 4.72. The van der Waals surface area contributed by atoms with Crippen molar-refractivity contribution in [2.45, 2.75) is 30.8 Å². The van der Waals surface area contributed by atoms with Gasteiger partial charge in [-0.05, 0) is 6.42 Å². The summed E-state index contributed by atoms with van der Waals surface area (Å²) in [7, 11) is 0. The van der Waals surface area contributed by atoms with Crippen LogP contribution in [0.5, 0.6) is 0 Å². The van der Waals surface area contributed by atoms with Crippen LogP contribution in [0.1, 0.15) is 12.8 Å². The van der Waals surface area contributed by atoms with E-state index in [0.717, 1.165) is 0 Å². The van der Waals surface area contributed by atoms with E-state index in [1.54, 1.807) is 0 Å². The van der Waals surface area contributed by atoms with Crippen molar-refractivity contribution in [3.8, 4) is 0 Å². The van der Waals surface area contributed by atoms with Gasteiger partial charge in [0.25, 0.3) is 0 Å². The van der Waals surface area contributed by atoms with Crippen LogP contribution in [0.2, 0.25) is 0 Å². The van der Waals surface area contributed by atoms with Crippen molar-refractivity contribution in [2.75, 3.05) is 6.61 Å². The van der Waals surface area contributed by atoms with Gasteiger partial charge >= 0.3 is 5.97 Å². The van der Waals surface area contributed by atoms with Crippen LogP contribution in [0.25, 0.3) is 0 Å². The zero-order valence-corrected chi connectivity index (χ0v) is 6.88. The molecule has 13 heavy (non-hydrogen) atoms. The third-order valence-corrected chi connectivity index (χ3v) is 2.00. The molecule has 6 heteroatoms. The van der Waals surface area contributed by atoms with Crippen molar-refractivity contribution in [3.63, 3.8) is 0 Å². The maximum atomic E-state index is 10.3. The van der Waals surface area contributed by atoms with Crippen molar-refractivity contribution < 1.29 is 30.0 Å². The number of hydrogen-bond acceptors (Lipinski definition) is 5. The van der Waals surface area contributed by atoms with Crippen LogP contribution in [0.4, 0.5) is 0 Å². The van der Waals surface area contributed by atoms with Gasteiger partial charge in [-0.2, -0.15) is 0 Å². The normalized spacial score (nSPS) is 40.2. The summed E-state index contributed by atoms with van der Waals surface area (Å²) in [6.45, 7) is 0.0298. The number of aliphatic hydroxyl groups excluding tert-OH is 2. The largest absolute Gasteiger partial charge is 0.481 e. The molecule has 0 bridgehead atoms. The van der Waals surface area contributed by atoms with Crippen LogP contribution in [0, 0.1) is 0 Å². The van der Waals surface area contributed by atoms with Crippen LogP contribution in [-0.2, 0) is 9.53 Å². The number of carbonyl (C=O) groups is 1. The Morgan fingerprint density at radius 2 is 2.15 bits per heavy atom. The first-order chi connectivity index (χ1) is 5.96. The molecule has 1 heterocycles. The van der Waals surface area contributed by atoms with E-state index in [-0.39, 0.29) is 13.0 Å². The second-order valence-corrected chi connectivity index (χ2v) is 3.06. The quantitative estimate of drug-likeness (QED) is 0.415. The standard InChI is InChI=1S/C7H12O6/c8-4-1-2-13-7(12,6(4)11)3-5(9)10/h4,6,8,11-12H,1-3H2,(H,9,10). The van der Waals surface area contributed by atoms with E-state index in [4.69, 9.17) is 14.9 Å². The lowest BCUT2D eigenvalue weighted by Gasteiger charge is -2.38. The maximum Gasteiger partial charge on any atom is 0.308 e. The summed E-state index contributed by atoms with van der Waals surface area (Å²) in [4.78, 5) is 10.3. The lowest BCUT2D eigenvalue weighted by atomic mass is 9.96. The van der Waals surface area contributed by atoms with E-state index in [2.05, 4.69) is 0 Å². The molecule has 3 atom stereocenters. The molecule has 1 fully saturated rings. The number of hydrogen-bond donors (Lipinski definition) is 4. The Labute approximate surface area is 74.4 Å². The van der Waals surface area contributed by atoms with Gasteiger partial charge in [-0.15, -0.1) is 0 Å². The highest BCUT2D eigenvalue weighted by atomic mass is 16.6. The van der Waals surface area contributed by atoms with Crippen molar-refractivity contribution >= 4 is 5.97 Å². The van der Waals surface area contributed by atoms with Crippen molar-refractivity contribution in [2.24, 2.45) is 0 Å². The van der Waals surface area contributed by atoms with E-state index in [1.165, 1.54) is 0 Å². The van der Waals surface area contributed by atoms with E-state index in [9.17, 15) is 15.0 Å². The van der Waals surface area contributed by atoms with Gasteiger partial charge in [-0.1, -0.05) is 0 Å². The fraction of sp³-hybridized carbons (Fsp3) is 0.857. The summed E-state index contributed by atoms with van der Waals surface area (Å²) >= 11 is 0. The summed E-state index contributed by atoms with van der Waals surface area (Å²) in [5, 5.41) is 36.3. The van der Waals surface area contributed by atoms with E-state index in [1.807, 2.05) is 0 Å². The Morgan fingerprint density at radius 3 is 2.69 bits per heavy atom. The second kappa shape index (κ2) is 3.59. The monoisotopic (exact) mass is 192 g/mol. The molecule has 1 aliphatic rings. The molecule has 1 aliphatic heterocycles. The summed E-state index contributed by atoms with van der Waals surface area (Å²) in [6.07, 6.45) is -3.27. The van der Waals surface area contributed by atoms with E-state index in [0.29, 0.717) is 0 Å². The molecule has 4 N–H and O–H groups in total. The van der Waals surface area contributed by atoms with Gasteiger partial charge < -0.3 is 25.2 Å². The molecule has 0 aromatic heterocycles. The topological polar surface area (TPSA) is 107 Å². The second-order valence-electron chi connectivity index (χ2n) is 3.06. The molecule has 0 radical (unpaired) electrons. The smallest absolute Gasteiger partial charge is 0.308 e. The van der Waals surface area contributed by atoms with Gasteiger partial charge in [-0.25, -0.2) is 0 Å². The minimum atomic E-state index is -2.16. The molecule has 0 aliphatic carbocycles. The van der Waals surface area contributed by atoms with Crippen molar-refractivity contribution in [1.29, 1.82) is 0 Å². The first-order valence-corrected chi connectivity index (χ1v) is 3.90. The Kier molecular flexibility index (Phi) is 2.87. The molecule has 0 aromatic rings. The average Bonchev–Trinajstić information content (AvgIpc) is 1.99. The molecule has 0 amide bonds. The first-order valence-electron chi connectivity index (χ1n) is 3.90. The van der Waals surface area contributed by atoms with Crippen molar-refractivity contribution in [3.05, 3.63) is 0 Å². The van der Waals surface area contributed by atoms with Crippen LogP contribution in [0.15, 0.2) is 0 Å². The van der Waals surface area contributed by atoms with E-state index < -0.39 is 30.4 Å². The molecule has 1 rings (SSSR count). The molecule has 0 saturated carbocycles. The molecule has 3 unspecified atom stereocenters. The predicted molar refractivity (Wildman–Crippen MR) is 39.8 cm³/mol. The number of aliphatic hydroxyl groups is 3. The summed E-state index contributed by atoms with van der Waals surface area (Å²) in [5.74, 6) is -3.46. The highest BCUT2D eigenvalue weighted by Crippen LogP contribution is 2.26. The number of carboxylic acid groups (broad SMARTS) is 1. The summed E-state index contributed by atoms with van der Waals surface area (Å²) in [6, 6.07) is 0. The van der Waals surface area contributed by atoms with E-state index >= 15 is 0 Å². The minimum absolute atomic E-state index is 0.0298. The zero-order valence-electron chi connectivity index (χ0n) is 6.88. The van der Waals surface area contributed by atoms with Gasteiger partial charge in [0.05, 0.1) is 12.7 Å². The van der Waals surface area contributed by atoms with Crippen LogP contribution >= 0.6 is 0 Å². The Bertz CT molecular complexity index is 205. The molecular weight excluding hydrogens is 180 g/mol. The average molecular weight is 192 g/mol. The third kappa shape index (κ3) is 2.16. The van der Waals surface area contributed by atoms with Gasteiger partial charge in [0.2, 0.25) is 5.79 Å². The molecule has 0 aromatic carbocycles. The number of carboxylic acids is 1. The lowest BCUT2D eigenvalue weighted by Crippen LogP contribution is -2.56. The molecule has 1 saturated heterocycles. The van der Waals surface area contributed by atoms with Gasteiger partial charge in [0.1, 0.15) is 12.5 Å². The Hall–Kier alpha value is -0.690.